The molecule has 0 saturated heterocycles. The molecule has 0 N–H and O–H groups in total. The number of nitrogens with zero attached hydrogens (tertiary/aromatic N) is 4. The highest BCUT2D eigenvalue weighted by Crippen LogP contribution is 2.41. The summed E-state index contributed by atoms with van der Waals surface area (Å²) in [6.45, 7) is 0. The molecule has 11 rings (SSSR count). The van der Waals surface area contributed by atoms with Gasteiger partial charge < -0.3 is 9.13 Å². The smallest absolute Gasteiger partial charge is 0.160 e. The summed E-state index contributed by atoms with van der Waals surface area (Å²) in [5, 5.41) is 8.45. The largest absolute Gasteiger partial charge is 0.309 e. The molecule has 0 atom stereocenters. The second-order valence-corrected chi connectivity index (χ2v) is 13.4. The van der Waals surface area contributed by atoms with Gasteiger partial charge in [-0.2, -0.15) is 0 Å². The van der Waals surface area contributed by atoms with Crippen LogP contribution in [0.2, 0.25) is 0 Å². The van der Waals surface area contributed by atoms with Gasteiger partial charge in [-0.05, 0) is 77.5 Å². The van der Waals surface area contributed by atoms with E-state index in [1.165, 1.54) is 54.6 Å². The molecule has 0 aliphatic heterocycles. The highest BCUT2D eigenvalue weighted by molar-refractivity contribution is 6.18. The fourth-order valence-electron chi connectivity index (χ4n) is 8.16. The summed E-state index contributed by atoms with van der Waals surface area (Å²) in [5.74, 6) is 0.714. The molecule has 0 amide bonds. The van der Waals surface area contributed by atoms with Gasteiger partial charge in [0.25, 0.3) is 0 Å². The van der Waals surface area contributed by atoms with E-state index in [4.69, 9.17) is 9.97 Å². The summed E-state index contributed by atoms with van der Waals surface area (Å²) in [6, 6.07) is 64.9. The van der Waals surface area contributed by atoms with Crippen molar-refractivity contribution in [1.29, 1.82) is 0 Å². The Kier molecular flexibility index (Phi) is 6.22. The molecule has 0 aliphatic rings. The van der Waals surface area contributed by atoms with Gasteiger partial charge in [0.15, 0.2) is 5.82 Å². The van der Waals surface area contributed by atoms with Crippen molar-refractivity contribution in [3.8, 4) is 34.0 Å². The normalized spacial score (nSPS) is 11.8. The molecule has 0 saturated carbocycles. The van der Waals surface area contributed by atoms with Crippen LogP contribution in [0.1, 0.15) is 0 Å². The Morgan fingerprint density at radius 2 is 0.981 bits per heavy atom. The molecule has 3 aromatic heterocycles. The third-order valence-corrected chi connectivity index (χ3v) is 10.5. The average molecular weight is 663 g/mol. The maximum absolute atomic E-state index is 5.14. The van der Waals surface area contributed by atoms with Gasteiger partial charge in [-0.25, -0.2) is 9.97 Å². The van der Waals surface area contributed by atoms with Gasteiger partial charge in [-0.3, -0.25) is 0 Å². The Labute approximate surface area is 299 Å². The zero-order valence-corrected chi connectivity index (χ0v) is 28.1. The van der Waals surface area contributed by atoms with Crippen LogP contribution >= 0.6 is 0 Å². The van der Waals surface area contributed by atoms with Crippen LogP contribution in [0.3, 0.4) is 0 Å². The minimum Gasteiger partial charge on any atom is -0.309 e. The van der Waals surface area contributed by atoms with Gasteiger partial charge in [0.05, 0.1) is 39.0 Å². The number of fused-ring (bicyclic) bond motifs is 8. The number of benzene rings is 8. The van der Waals surface area contributed by atoms with Gasteiger partial charge in [0, 0.05) is 43.7 Å². The molecule has 0 aliphatic carbocycles. The fourth-order valence-corrected chi connectivity index (χ4v) is 8.16. The lowest BCUT2D eigenvalue weighted by Crippen LogP contribution is -1.97. The quantitative estimate of drug-likeness (QED) is 0.188. The van der Waals surface area contributed by atoms with Gasteiger partial charge in [-0.1, -0.05) is 115 Å². The molecule has 0 bridgehead atoms. The Hall–Kier alpha value is -7.04. The summed E-state index contributed by atoms with van der Waals surface area (Å²) < 4.78 is 4.85. The van der Waals surface area contributed by atoms with E-state index in [0.29, 0.717) is 5.82 Å². The third kappa shape index (κ3) is 4.28. The summed E-state index contributed by atoms with van der Waals surface area (Å²) in [5.41, 5.74) is 10.9. The van der Waals surface area contributed by atoms with Crippen LogP contribution in [0.5, 0.6) is 0 Å². The van der Waals surface area contributed by atoms with Crippen molar-refractivity contribution in [1.82, 2.24) is 19.1 Å². The SMILES string of the molecule is c1ccc(-c2nc(-c3ccc(-n4c5cc6ccccc6cc5c5c(-n6c7ccccc7c7ccccc76)cccc54)cc3)nc3ccccc23)cc1. The number of aromatic nitrogens is 4. The minimum atomic E-state index is 0.714. The molecule has 3 heterocycles. The highest BCUT2D eigenvalue weighted by Gasteiger charge is 2.20. The molecule has 4 nitrogen and oxygen atoms in total. The molecule has 4 heteroatoms. The molecule has 242 valence electrons. The lowest BCUT2D eigenvalue weighted by Gasteiger charge is -2.12. The summed E-state index contributed by atoms with van der Waals surface area (Å²) in [7, 11) is 0. The first-order chi connectivity index (χ1) is 25.8. The van der Waals surface area contributed by atoms with E-state index in [0.717, 1.165) is 38.9 Å². The summed E-state index contributed by atoms with van der Waals surface area (Å²) in [4.78, 5) is 10.2. The minimum absolute atomic E-state index is 0.714. The molecule has 0 unspecified atom stereocenters. The predicted molar refractivity (Wildman–Crippen MR) is 217 cm³/mol. The van der Waals surface area contributed by atoms with Crippen LogP contribution in [0.25, 0.3) is 99.3 Å². The van der Waals surface area contributed by atoms with Crippen molar-refractivity contribution in [2.24, 2.45) is 0 Å². The highest BCUT2D eigenvalue weighted by atomic mass is 15.0. The van der Waals surface area contributed by atoms with Crippen LogP contribution in [0.15, 0.2) is 182 Å². The third-order valence-electron chi connectivity index (χ3n) is 10.5. The second kappa shape index (κ2) is 11.2. The molecule has 0 spiro atoms. The molecular weight excluding hydrogens is 633 g/mol. The van der Waals surface area contributed by atoms with Crippen molar-refractivity contribution < 1.29 is 0 Å². The number of hydrogen-bond donors (Lipinski definition) is 0. The predicted octanol–water partition coefficient (Wildman–Crippen LogP) is 12.3. The summed E-state index contributed by atoms with van der Waals surface area (Å²) >= 11 is 0. The van der Waals surface area contributed by atoms with E-state index in [9.17, 15) is 0 Å². The number of rotatable bonds is 4. The first kappa shape index (κ1) is 28.8. The van der Waals surface area contributed by atoms with E-state index in [1.807, 2.05) is 18.2 Å². The molecule has 8 aromatic carbocycles. The van der Waals surface area contributed by atoms with Crippen LogP contribution in [-0.2, 0) is 0 Å². The van der Waals surface area contributed by atoms with E-state index in [1.54, 1.807) is 0 Å². The number of hydrogen-bond acceptors (Lipinski definition) is 2. The van der Waals surface area contributed by atoms with E-state index in [-0.39, 0.29) is 0 Å². The lowest BCUT2D eigenvalue weighted by atomic mass is 10.0. The second-order valence-electron chi connectivity index (χ2n) is 13.4. The number of para-hydroxylation sites is 3. The first-order valence-corrected chi connectivity index (χ1v) is 17.7. The van der Waals surface area contributed by atoms with Crippen molar-refractivity contribution >= 4 is 65.3 Å². The Morgan fingerprint density at radius 1 is 0.365 bits per heavy atom. The molecule has 11 aromatic rings. The lowest BCUT2D eigenvalue weighted by molar-refractivity contribution is 1.17. The van der Waals surface area contributed by atoms with E-state index < -0.39 is 0 Å². The van der Waals surface area contributed by atoms with Crippen LogP contribution in [-0.4, -0.2) is 19.1 Å². The van der Waals surface area contributed by atoms with E-state index in [2.05, 4.69) is 173 Å². The molecular formula is C48H30N4. The Bertz CT molecular complexity index is 3120. The Morgan fingerprint density at radius 3 is 1.73 bits per heavy atom. The molecule has 0 radical (unpaired) electrons. The maximum atomic E-state index is 5.14. The molecule has 0 fully saturated rings. The first-order valence-electron chi connectivity index (χ1n) is 17.7. The van der Waals surface area contributed by atoms with Gasteiger partial charge >= 0.3 is 0 Å². The Balaban J connectivity index is 1.15. The van der Waals surface area contributed by atoms with Crippen LogP contribution in [0.4, 0.5) is 0 Å². The van der Waals surface area contributed by atoms with Crippen LogP contribution in [0, 0.1) is 0 Å². The van der Waals surface area contributed by atoms with Crippen molar-refractivity contribution in [2.75, 3.05) is 0 Å². The summed E-state index contributed by atoms with van der Waals surface area (Å²) in [6.07, 6.45) is 0. The van der Waals surface area contributed by atoms with Crippen molar-refractivity contribution in [3.05, 3.63) is 182 Å². The van der Waals surface area contributed by atoms with Crippen molar-refractivity contribution in [3.63, 3.8) is 0 Å². The van der Waals surface area contributed by atoms with E-state index >= 15 is 0 Å². The topological polar surface area (TPSA) is 35.6 Å². The zero-order chi connectivity index (χ0) is 34.2. The van der Waals surface area contributed by atoms with Crippen LogP contribution < -0.4 is 0 Å². The molecule has 52 heavy (non-hydrogen) atoms. The average Bonchev–Trinajstić information content (AvgIpc) is 3.72. The maximum Gasteiger partial charge on any atom is 0.160 e. The van der Waals surface area contributed by atoms with Crippen molar-refractivity contribution in [2.45, 2.75) is 0 Å². The van der Waals surface area contributed by atoms with Gasteiger partial charge in [-0.15, -0.1) is 0 Å². The fraction of sp³-hybridized carbons (Fsp3) is 0. The standard InChI is InChI=1S/C48H30N4/c1-2-13-31(14-3-1)47-38-19-6-9-20-40(38)49-48(50-47)32-25-27-35(28-26-32)51-43-23-12-24-44(46(43)39-29-33-15-4-5-16-34(33)30-45(39)51)52-41-21-10-7-17-36(41)37-18-8-11-22-42(37)52/h1-30H. The van der Waals surface area contributed by atoms with Gasteiger partial charge in [0.1, 0.15) is 0 Å². The monoisotopic (exact) mass is 662 g/mol. The van der Waals surface area contributed by atoms with Gasteiger partial charge in [0.2, 0.25) is 0 Å². The zero-order valence-electron chi connectivity index (χ0n) is 28.1.